The molecule has 0 radical (unpaired) electrons. The van der Waals surface area contributed by atoms with Crippen molar-refractivity contribution in [2.75, 3.05) is 0 Å². The fourth-order valence-electron chi connectivity index (χ4n) is 2.56. The first-order chi connectivity index (χ1) is 11.2. The van der Waals surface area contributed by atoms with E-state index < -0.39 is 0 Å². The van der Waals surface area contributed by atoms with Gasteiger partial charge in [0.05, 0.1) is 12.5 Å². The molecule has 0 saturated heterocycles. The monoisotopic (exact) mass is 323 g/mol. The van der Waals surface area contributed by atoms with Crippen LogP contribution in [0.2, 0.25) is 0 Å². The largest absolute Gasteiger partial charge is 0.461 e. The van der Waals surface area contributed by atoms with Crippen LogP contribution in [-0.2, 0) is 7.05 Å². The maximum Gasteiger partial charge on any atom is 0.219 e. The molecule has 0 amide bonds. The number of aromatic nitrogens is 4. The molecule has 0 saturated carbocycles. The summed E-state index contributed by atoms with van der Waals surface area (Å²) in [5.74, 6) is 1.14. The Labute approximate surface area is 136 Å². The van der Waals surface area contributed by atoms with E-state index in [1.165, 1.54) is 0 Å². The average molecular weight is 323 g/mol. The van der Waals surface area contributed by atoms with Crippen molar-refractivity contribution in [3.8, 4) is 11.6 Å². The lowest BCUT2D eigenvalue weighted by Crippen LogP contribution is -1.94. The Hall–Kier alpha value is -2.93. The van der Waals surface area contributed by atoms with E-state index in [-0.39, 0.29) is 0 Å². The summed E-state index contributed by atoms with van der Waals surface area (Å²) in [4.78, 5) is 0. The van der Waals surface area contributed by atoms with Gasteiger partial charge in [0.2, 0.25) is 10.6 Å². The van der Waals surface area contributed by atoms with Crippen molar-refractivity contribution < 1.29 is 4.42 Å². The summed E-state index contributed by atoms with van der Waals surface area (Å²) in [6.07, 6.45) is 5.40. The zero-order chi connectivity index (χ0) is 15.8. The first kappa shape index (κ1) is 13.7. The summed E-state index contributed by atoms with van der Waals surface area (Å²) in [6, 6.07) is 11.8. The Morgan fingerprint density at radius 2 is 2.13 bits per heavy atom. The van der Waals surface area contributed by atoms with Crippen LogP contribution in [-0.4, -0.2) is 25.7 Å². The molecule has 23 heavy (non-hydrogen) atoms. The van der Waals surface area contributed by atoms with Gasteiger partial charge in [-0.05, 0) is 30.4 Å². The molecule has 0 atom stereocenters. The Balaban J connectivity index is 1.80. The van der Waals surface area contributed by atoms with E-state index in [1.807, 2.05) is 31.4 Å². The second kappa shape index (κ2) is 5.36. The predicted molar refractivity (Wildman–Crippen MR) is 91.0 cm³/mol. The molecule has 0 aliphatic carbocycles. The van der Waals surface area contributed by atoms with Crippen LogP contribution in [0, 0.1) is 4.77 Å². The Morgan fingerprint density at radius 1 is 1.26 bits per heavy atom. The predicted octanol–water partition coefficient (Wildman–Crippen LogP) is 3.57. The second-order valence-electron chi connectivity index (χ2n) is 5.10. The highest BCUT2D eigenvalue weighted by Gasteiger charge is 2.11. The molecule has 0 aliphatic rings. The number of benzene rings is 1. The van der Waals surface area contributed by atoms with Crippen molar-refractivity contribution in [3.05, 3.63) is 59.2 Å². The molecule has 0 spiro atoms. The van der Waals surface area contributed by atoms with Crippen molar-refractivity contribution >= 4 is 29.3 Å². The third-order valence-corrected chi connectivity index (χ3v) is 3.90. The van der Waals surface area contributed by atoms with Crippen LogP contribution < -0.4 is 0 Å². The molecule has 7 heteroatoms. The number of hydrogen-bond donors (Lipinski definition) is 1. The molecule has 0 bridgehead atoms. The smallest absolute Gasteiger partial charge is 0.219 e. The van der Waals surface area contributed by atoms with E-state index in [9.17, 15) is 0 Å². The highest BCUT2D eigenvalue weighted by Crippen LogP contribution is 2.20. The number of hydrogen-bond acceptors (Lipinski definition) is 4. The van der Waals surface area contributed by atoms with Crippen LogP contribution in [0.4, 0.5) is 0 Å². The SMILES string of the molecule is Cn1cc(/C=N\n2c(-c3ccco3)n[nH]c2=S)c2ccccc21. The highest BCUT2D eigenvalue weighted by atomic mass is 32.1. The Kier molecular flexibility index (Phi) is 3.20. The molecule has 1 aromatic carbocycles. The first-order valence-corrected chi connectivity index (χ1v) is 7.44. The zero-order valence-corrected chi connectivity index (χ0v) is 13.1. The number of nitrogens with zero attached hydrogens (tertiary/aromatic N) is 4. The summed E-state index contributed by atoms with van der Waals surface area (Å²) in [7, 11) is 2.01. The number of para-hydroxylation sites is 1. The molecule has 0 fully saturated rings. The minimum Gasteiger partial charge on any atom is -0.461 e. The van der Waals surface area contributed by atoms with Crippen LogP contribution in [0.5, 0.6) is 0 Å². The molecule has 3 aromatic heterocycles. The minimum atomic E-state index is 0.410. The summed E-state index contributed by atoms with van der Waals surface area (Å²) >= 11 is 5.25. The number of aromatic amines is 1. The van der Waals surface area contributed by atoms with E-state index in [4.69, 9.17) is 16.6 Å². The second-order valence-corrected chi connectivity index (χ2v) is 5.49. The van der Waals surface area contributed by atoms with Crippen molar-refractivity contribution in [3.63, 3.8) is 0 Å². The third kappa shape index (κ3) is 2.31. The van der Waals surface area contributed by atoms with Crippen molar-refractivity contribution in [2.24, 2.45) is 12.1 Å². The standard InChI is InChI=1S/C16H13N5OS/c1-20-10-11(12-5-2-3-6-13(12)20)9-17-21-15(18-19-16(21)23)14-7-4-8-22-14/h2-10H,1H3,(H,19,23)/b17-9-. The van der Waals surface area contributed by atoms with Gasteiger partial charge in [0.25, 0.3) is 0 Å². The number of rotatable bonds is 3. The molecular weight excluding hydrogens is 310 g/mol. The van der Waals surface area contributed by atoms with Crippen molar-refractivity contribution in [1.29, 1.82) is 0 Å². The quantitative estimate of drug-likeness (QED) is 0.463. The summed E-state index contributed by atoms with van der Waals surface area (Å²) in [6.45, 7) is 0. The maximum atomic E-state index is 5.37. The number of aryl methyl sites for hydroxylation is 1. The molecule has 1 N–H and O–H groups in total. The van der Waals surface area contributed by atoms with Crippen LogP contribution >= 0.6 is 12.2 Å². The van der Waals surface area contributed by atoms with E-state index in [2.05, 4.69) is 32.0 Å². The average Bonchev–Trinajstić information content (AvgIpc) is 3.26. The summed E-state index contributed by atoms with van der Waals surface area (Å²) in [5.41, 5.74) is 2.16. The third-order valence-electron chi connectivity index (χ3n) is 3.63. The van der Waals surface area contributed by atoms with Gasteiger partial charge in [-0.1, -0.05) is 18.2 Å². The van der Waals surface area contributed by atoms with E-state index in [0.29, 0.717) is 16.4 Å². The van der Waals surface area contributed by atoms with Crippen molar-refractivity contribution in [1.82, 2.24) is 19.4 Å². The summed E-state index contributed by atoms with van der Waals surface area (Å²) in [5, 5.41) is 12.5. The number of furan rings is 1. The normalized spacial score (nSPS) is 11.7. The van der Waals surface area contributed by atoms with Gasteiger partial charge >= 0.3 is 0 Å². The van der Waals surface area contributed by atoms with Gasteiger partial charge in [0.1, 0.15) is 0 Å². The van der Waals surface area contributed by atoms with Gasteiger partial charge in [-0.15, -0.1) is 5.10 Å². The van der Waals surface area contributed by atoms with Gasteiger partial charge in [-0.2, -0.15) is 9.78 Å². The zero-order valence-electron chi connectivity index (χ0n) is 12.3. The number of nitrogens with one attached hydrogen (secondary N) is 1. The number of H-pyrrole nitrogens is 1. The molecule has 3 heterocycles. The molecule has 0 aliphatic heterocycles. The molecule has 0 unspecified atom stereocenters. The van der Waals surface area contributed by atoms with Crippen LogP contribution in [0.25, 0.3) is 22.5 Å². The fourth-order valence-corrected chi connectivity index (χ4v) is 2.74. The molecule has 6 nitrogen and oxygen atoms in total. The maximum absolute atomic E-state index is 5.37. The lowest BCUT2D eigenvalue weighted by molar-refractivity contribution is 0.573. The van der Waals surface area contributed by atoms with Gasteiger partial charge < -0.3 is 8.98 Å². The summed E-state index contributed by atoms with van der Waals surface area (Å²) < 4.78 is 9.40. The molecule has 4 rings (SSSR count). The Morgan fingerprint density at radius 3 is 2.96 bits per heavy atom. The van der Waals surface area contributed by atoms with Gasteiger partial charge in [0.15, 0.2) is 5.76 Å². The van der Waals surface area contributed by atoms with Crippen LogP contribution in [0.1, 0.15) is 5.56 Å². The topological polar surface area (TPSA) is 64.0 Å². The van der Waals surface area contributed by atoms with Gasteiger partial charge in [-0.3, -0.25) is 0 Å². The minimum absolute atomic E-state index is 0.410. The lowest BCUT2D eigenvalue weighted by Gasteiger charge is -1.96. The molecular formula is C16H13N5OS. The van der Waals surface area contributed by atoms with E-state index >= 15 is 0 Å². The number of fused-ring (bicyclic) bond motifs is 1. The van der Waals surface area contributed by atoms with Gasteiger partial charge in [0, 0.05) is 29.7 Å². The van der Waals surface area contributed by atoms with Crippen LogP contribution in [0.3, 0.4) is 0 Å². The lowest BCUT2D eigenvalue weighted by atomic mass is 10.2. The van der Waals surface area contributed by atoms with E-state index in [1.54, 1.807) is 23.2 Å². The van der Waals surface area contributed by atoms with E-state index in [0.717, 1.165) is 16.5 Å². The van der Waals surface area contributed by atoms with Gasteiger partial charge in [-0.25, -0.2) is 5.10 Å². The highest BCUT2D eigenvalue weighted by molar-refractivity contribution is 7.71. The van der Waals surface area contributed by atoms with Crippen molar-refractivity contribution in [2.45, 2.75) is 0 Å². The molecule has 4 aromatic rings. The fraction of sp³-hybridized carbons (Fsp3) is 0.0625. The molecule has 114 valence electrons. The van der Waals surface area contributed by atoms with Crippen LogP contribution in [0.15, 0.2) is 58.4 Å². The Bertz CT molecular complexity index is 1050. The first-order valence-electron chi connectivity index (χ1n) is 7.04.